The van der Waals surface area contributed by atoms with Crippen LogP contribution in [0.15, 0.2) is 0 Å². The molecule has 2 N–H and O–H groups in total. The zero-order chi connectivity index (χ0) is 4.50. The van der Waals surface area contributed by atoms with Gasteiger partial charge in [-0.15, -0.1) is 12.4 Å². The molecule has 44 valence electrons. The molecule has 0 atom stereocenters. The average molecular weight is 240 g/mol. The fraction of sp³-hybridized carbons (Fsp3) is 0. The van der Waals surface area contributed by atoms with E-state index >= 15 is 0 Å². The fourth-order valence-corrected chi connectivity index (χ4v) is 0. The van der Waals surface area contributed by atoms with E-state index in [2.05, 4.69) is 0 Å². The predicted molar refractivity (Wildman–Crippen MR) is 28.6 cm³/mol. The topological polar surface area (TPSA) is 74.6 Å². The third-order valence-electron chi connectivity index (χ3n) is 0. The smallest absolute Gasteiger partial charge is 0 e. The van der Waals surface area contributed by atoms with Crippen molar-refractivity contribution in [2.45, 2.75) is 0 Å². The molecule has 0 heterocycles. The van der Waals surface area contributed by atoms with E-state index in [1.54, 1.807) is 0 Å². The van der Waals surface area contributed by atoms with Crippen LogP contribution in [0.25, 0.3) is 0 Å². The van der Waals surface area contributed by atoms with Crippen LogP contribution in [-0.4, -0.2) is 68.9 Å². The second-order valence-electron chi connectivity index (χ2n) is 0.448. The van der Waals surface area contributed by atoms with Gasteiger partial charge in [-0.3, -0.25) is 9.11 Å². The third kappa shape index (κ3) is 79.2. The first kappa shape index (κ1) is 22.4. The van der Waals surface area contributed by atoms with Gasteiger partial charge in [-0.25, -0.2) is 0 Å². The van der Waals surface area contributed by atoms with Crippen molar-refractivity contribution in [1.82, 2.24) is 0 Å². The molecular formula is H4ClKO4SZn. The molecular weight excluding hydrogens is 236 g/mol. The van der Waals surface area contributed by atoms with Crippen molar-refractivity contribution in [1.29, 1.82) is 0 Å². The molecule has 0 fully saturated rings. The minimum Gasteiger partial charge on any atom is 0 e. The molecule has 0 bridgehead atoms. The van der Waals surface area contributed by atoms with Gasteiger partial charge in [-0.1, -0.05) is 0 Å². The quantitative estimate of drug-likeness (QED) is 0.426. The molecule has 8 heteroatoms. The fourth-order valence-electron chi connectivity index (χ4n) is 0. The number of halogens is 1. The Kier molecular flexibility index (Phi) is 26.4. The summed E-state index contributed by atoms with van der Waals surface area (Å²) in [5.41, 5.74) is 0. The van der Waals surface area contributed by atoms with Crippen LogP contribution in [0.5, 0.6) is 0 Å². The molecule has 0 saturated heterocycles. The summed E-state index contributed by atoms with van der Waals surface area (Å²) < 4.78 is 31.6. The summed E-state index contributed by atoms with van der Waals surface area (Å²) in [6, 6.07) is 0. The average Bonchev–Trinajstić information content (AvgIpc) is 0.722. The molecule has 0 spiro atoms. The summed E-state index contributed by atoms with van der Waals surface area (Å²) in [7, 11) is -4.67. The van der Waals surface area contributed by atoms with Gasteiger partial charge in [0.1, 0.15) is 0 Å². The molecule has 0 aromatic carbocycles. The minimum absolute atomic E-state index is 0. The second-order valence-corrected chi connectivity index (χ2v) is 1.34. The monoisotopic (exact) mass is 238 g/mol. The first-order valence-electron chi connectivity index (χ1n) is 0.698. The van der Waals surface area contributed by atoms with E-state index in [0.717, 1.165) is 0 Å². The van der Waals surface area contributed by atoms with Gasteiger partial charge >= 0.3 is 61.8 Å². The zero-order valence-corrected chi connectivity index (χ0v) is 7.83. The maximum absolute atomic E-state index is 8.74. The SMILES string of the molecule is Cl.O=S(=O)(O)O.[KH].[Zn]. The van der Waals surface area contributed by atoms with Crippen molar-refractivity contribution in [3.63, 3.8) is 0 Å². The standard InChI is InChI=1S/ClH.K.H2O4S.Zn.H/c;;1-5(2,3)4;;/h1H;;(H2,1,2,3,4);;. The van der Waals surface area contributed by atoms with Crippen LogP contribution in [-0.2, 0) is 29.9 Å². The largest absolute Gasteiger partial charge is 0 e. The van der Waals surface area contributed by atoms with Gasteiger partial charge in [0.2, 0.25) is 0 Å². The Morgan fingerprint density at radius 1 is 1.12 bits per heavy atom. The van der Waals surface area contributed by atoms with Gasteiger partial charge < -0.3 is 0 Å². The maximum Gasteiger partial charge on any atom is 0 e. The Morgan fingerprint density at radius 3 is 1.12 bits per heavy atom. The van der Waals surface area contributed by atoms with E-state index in [-0.39, 0.29) is 83.3 Å². The van der Waals surface area contributed by atoms with E-state index in [1.807, 2.05) is 0 Å². The molecule has 0 unspecified atom stereocenters. The number of rotatable bonds is 0. The minimum atomic E-state index is -4.67. The molecule has 0 aliphatic carbocycles. The van der Waals surface area contributed by atoms with Gasteiger partial charge in [0.15, 0.2) is 0 Å². The molecule has 0 rings (SSSR count). The summed E-state index contributed by atoms with van der Waals surface area (Å²) in [6.45, 7) is 0. The molecule has 0 aromatic heterocycles. The van der Waals surface area contributed by atoms with Crippen molar-refractivity contribution >= 4 is 74.2 Å². The normalized spacial score (nSPS) is 7.25. The number of hydrogen-bond acceptors (Lipinski definition) is 2. The third-order valence-corrected chi connectivity index (χ3v) is 0. The van der Waals surface area contributed by atoms with Gasteiger partial charge in [-0.2, -0.15) is 8.42 Å². The molecule has 0 aliphatic rings. The summed E-state index contributed by atoms with van der Waals surface area (Å²) in [6.07, 6.45) is 0. The van der Waals surface area contributed by atoms with Gasteiger partial charge in [0, 0.05) is 19.5 Å². The van der Waals surface area contributed by atoms with E-state index < -0.39 is 10.4 Å². The molecule has 8 heavy (non-hydrogen) atoms. The maximum atomic E-state index is 8.74. The Balaban J connectivity index is -0.0000000267. The first-order valence-corrected chi connectivity index (χ1v) is 2.10. The van der Waals surface area contributed by atoms with Crippen molar-refractivity contribution in [3.05, 3.63) is 0 Å². The van der Waals surface area contributed by atoms with Crippen molar-refractivity contribution in [2.75, 3.05) is 0 Å². The second kappa shape index (κ2) is 9.42. The van der Waals surface area contributed by atoms with Crippen molar-refractivity contribution in [3.8, 4) is 0 Å². The van der Waals surface area contributed by atoms with Crippen molar-refractivity contribution < 1.29 is 37.0 Å². The molecule has 0 aliphatic heterocycles. The molecule has 0 saturated carbocycles. The molecule has 0 amide bonds. The van der Waals surface area contributed by atoms with Gasteiger partial charge in [0.05, 0.1) is 0 Å². The summed E-state index contributed by atoms with van der Waals surface area (Å²) in [4.78, 5) is 0. The van der Waals surface area contributed by atoms with Crippen LogP contribution in [0.1, 0.15) is 0 Å². The number of hydrogen-bond donors (Lipinski definition) is 2. The van der Waals surface area contributed by atoms with E-state index in [4.69, 9.17) is 17.5 Å². The summed E-state index contributed by atoms with van der Waals surface area (Å²) in [5.74, 6) is 0. The van der Waals surface area contributed by atoms with Gasteiger partial charge in [0.25, 0.3) is 0 Å². The van der Waals surface area contributed by atoms with E-state index in [1.165, 1.54) is 0 Å². The van der Waals surface area contributed by atoms with E-state index in [0.29, 0.717) is 0 Å². The van der Waals surface area contributed by atoms with Crippen LogP contribution < -0.4 is 0 Å². The summed E-state index contributed by atoms with van der Waals surface area (Å²) >= 11 is 0. The zero-order valence-electron chi connectivity index (χ0n) is 3.23. The van der Waals surface area contributed by atoms with Crippen LogP contribution in [0.2, 0.25) is 0 Å². The Morgan fingerprint density at radius 2 is 1.12 bits per heavy atom. The molecule has 0 radical (unpaired) electrons. The first-order chi connectivity index (χ1) is 2.00. The summed E-state index contributed by atoms with van der Waals surface area (Å²) in [5, 5.41) is 0. The van der Waals surface area contributed by atoms with Crippen LogP contribution >= 0.6 is 12.4 Å². The van der Waals surface area contributed by atoms with Gasteiger partial charge in [-0.05, 0) is 0 Å². The van der Waals surface area contributed by atoms with Crippen LogP contribution in [0.4, 0.5) is 0 Å². The Labute approximate surface area is 109 Å². The Hall–Kier alpha value is 2.42. The Bertz CT molecular complexity index is 99.2. The van der Waals surface area contributed by atoms with Crippen molar-refractivity contribution in [2.24, 2.45) is 0 Å². The molecule has 4 nitrogen and oxygen atoms in total. The van der Waals surface area contributed by atoms with Crippen LogP contribution in [0, 0.1) is 0 Å². The van der Waals surface area contributed by atoms with Crippen LogP contribution in [0.3, 0.4) is 0 Å². The van der Waals surface area contributed by atoms with E-state index in [9.17, 15) is 0 Å². The predicted octanol–water partition coefficient (Wildman–Crippen LogP) is -0.882. The molecule has 0 aromatic rings.